The summed E-state index contributed by atoms with van der Waals surface area (Å²) in [6.45, 7) is 7.74. The van der Waals surface area contributed by atoms with Crippen molar-refractivity contribution in [3.63, 3.8) is 0 Å². The lowest BCUT2D eigenvalue weighted by Gasteiger charge is -2.21. The molecule has 0 aliphatic carbocycles. The first-order valence-corrected chi connectivity index (χ1v) is 8.34. The van der Waals surface area contributed by atoms with E-state index in [9.17, 15) is 8.42 Å². The van der Waals surface area contributed by atoms with E-state index in [1.807, 2.05) is 26.0 Å². The van der Waals surface area contributed by atoms with Gasteiger partial charge in [-0.3, -0.25) is 0 Å². The molecule has 0 unspecified atom stereocenters. The summed E-state index contributed by atoms with van der Waals surface area (Å²) in [6.07, 6.45) is 1.78. The molecule has 0 aliphatic rings. The summed E-state index contributed by atoms with van der Waals surface area (Å²) in [5.41, 5.74) is 0.693. The average Bonchev–Trinajstić information content (AvgIpc) is 2.42. The van der Waals surface area contributed by atoms with Gasteiger partial charge in [0.25, 0.3) is 0 Å². The number of para-hydroxylation sites is 1. The molecule has 5 heteroatoms. The fourth-order valence-electron chi connectivity index (χ4n) is 1.93. The Balaban J connectivity index is 3.12. The van der Waals surface area contributed by atoms with Gasteiger partial charge in [-0.2, -0.15) is 4.31 Å². The van der Waals surface area contributed by atoms with E-state index in [-0.39, 0.29) is 0 Å². The van der Waals surface area contributed by atoms with E-state index >= 15 is 0 Å². The predicted octanol–water partition coefficient (Wildman–Crippen LogP) is 2.93. The summed E-state index contributed by atoms with van der Waals surface area (Å²) < 4.78 is 26.8. The van der Waals surface area contributed by atoms with E-state index in [4.69, 9.17) is 0 Å². The highest BCUT2D eigenvalue weighted by Gasteiger charge is 2.24. The van der Waals surface area contributed by atoms with Crippen LogP contribution in [0.3, 0.4) is 0 Å². The molecule has 19 heavy (non-hydrogen) atoms. The predicted molar refractivity (Wildman–Crippen MR) is 79.9 cm³/mol. The maximum atomic E-state index is 12.6. The zero-order valence-electron chi connectivity index (χ0n) is 12.0. The first kappa shape index (κ1) is 16.0. The van der Waals surface area contributed by atoms with Gasteiger partial charge in [0, 0.05) is 19.6 Å². The third kappa shape index (κ3) is 3.94. The van der Waals surface area contributed by atoms with Crippen LogP contribution >= 0.6 is 0 Å². The van der Waals surface area contributed by atoms with Gasteiger partial charge in [0.1, 0.15) is 4.90 Å². The maximum Gasteiger partial charge on any atom is 0.245 e. The molecule has 0 radical (unpaired) electrons. The van der Waals surface area contributed by atoms with E-state index in [0.29, 0.717) is 23.7 Å². The number of sulfonamides is 1. The molecule has 0 saturated heterocycles. The van der Waals surface area contributed by atoms with Gasteiger partial charge in [-0.1, -0.05) is 32.9 Å². The highest BCUT2D eigenvalue weighted by molar-refractivity contribution is 7.89. The standard InChI is InChI=1S/C14H24N2O2S/c1-4-11-15-13-9-7-8-10-14(13)19(17,18)16(6-3)12-5-2/h7-10,15H,4-6,11-12H2,1-3H3. The summed E-state index contributed by atoms with van der Waals surface area (Å²) in [5.74, 6) is 0. The Hall–Kier alpha value is -1.07. The Morgan fingerprint density at radius 2 is 1.79 bits per heavy atom. The lowest BCUT2D eigenvalue weighted by Crippen LogP contribution is -2.32. The number of anilines is 1. The van der Waals surface area contributed by atoms with Gasteiger partial charge in [-0.25, -0.2) is 8.42 Å². The molecule has 0 amide bonds. The summed E-state index contributed by atoms with van der Waals surface area (Å²) in [6, 6.07) is 7.12. The van der Waals surface area contributed by atoms with Crippen molar-refractivity contribution in [1.82, 2.24) is 4.31 Å². The largest absolute Gasteiger partial charge is 0.384 e. The van der Waals surface area contributed by atoms with Crippen LogP contribution in [0.15, 0.2) is 29.2 Å². The number of benzene rings is 1. The minimum absolute atomic E-state index is 0.374. The lowest BCUT2D eigenvalue weighted by atomic mass is 10.3. The van der Waals surface area contributed by atoms with Crippen molar-refractivity contribution < 1.29 is 8.42 Å². The SMILES string of the molecule is CCCNc1ccccc1S(=O)(=O)N(CC)CCC. The molecule has 108 valence electrons. The highest BCUT2D eigenvalue weighted by atomic mass is 32.2. The normalized spacial score (nSPS) is 11.8. The molecule has 0 atom stereocenters. The fraction of sp³-hybridized carbons (Fsp3) is 0.571. The smallest absolute Gasteiger partial charge is 0.245 e. The molecule has 1 aromatic rings. The van der Waals surface area contributed by atoms with E-state index in [1.165, 1.54) is 4.31 Å². The second kappa shape index (κ2) is 7.50. The number of nitrogens with zero attached hydrogens (tertiary/aromatic N) is 1. The average molecular weight is 284 g/mol. The second-order valence-electron chi connectivity index (χ2n) is 4.42. The quantitative estimate of drug-likeness (QED) is 0.798. The van der Waals surface area contributed by atoms with Gasteiger partial charge < -0.3 is 5.32 Å². The molecule has 0 heterocycles. The summed E-state index contributed by atoms with van der Waals surface area (Å²) >= 11 is 0. The van der Waals surface area contributed by atoms with Crippen LogP contribution in [0.1, 0.15) is 33.6 Å². The molecular weight excluding hydrogens is 260 g/mol. The van der Waals surface area contributed by atoms with Crippen molar-refractivity contribution in [2.45, 2.75) is 38.5 Å². The van der Waals surface area contributed by atoms with Crippen LogP contribution in [0.2, 0.25) is 0 Å². The maximum absolute atomic E-state index is 12.6. The lowest BCUT2D eigenvalue weighted by molar-refractivity contribution is 0.427. The van der Waals surface area contributed by atoms with Gasteiger partial charge in [-0.15, -0.1) is 0 Å². The Morgan fingerprint density at radius 3 is 2.37 bits per heavy atom. The van der Waals surface area contributed by atoms with Crippen LogP contribution in [0.25, 0.3) is 0 Å². The van der Waals surface area contributed by atoms with E-state index in [2.05, 4.69) is 12.2 Å². The van der Waals surface area contributed by atoms with E-state index in [1.54, 1.807) is 12.1 Å². The monoisotopic (exact) mass is 284 g/mol. The van der Waals surface area contributed by atoms with Gasteiger partial charge in [0.2, 0.25) is 10.0 Å². The summed E-state index contributed by atoms with van der Waals surface area (Å²) in [4.78, 5) is 0.374. The number of rotatable bonds is 8. The van der Waals surface area contributed by atoms with Crippen LogP contribution < -0.4 is 5.32 Å². The van der Waals surface area contributed by atoms with Crippen LogP contribution in [0.4, 0.5) is 5.69 Å². The summed E-state index contributed by atoms with van der Waals surface area (Å²) in [5, 5.41) is 3.18. The molecule has 1 N–H and O–H groups in total. The number of hydrogen-bond acceptors (Lipinski definition) is 3. The van der Waals surface area contributed by atoms with Crippen molar-refractivity contribution in [3.8, 4) is 0 Å². The zero-order chi connectivity index (χ0) is 14.3. The van der Waals surface area contributed by atoms with Gasteiger partial charge in [0.05, 0.1) is 5.69 Å². The van der Waals surface area contributed by atoms with Crippen LogP contribution in [0.5, 0.6) is 0 Å². The van der Waals surface area contributed by atoms with Crippen LogP contribution in [-0.4, -0.2) is 32.4 Å². The van der Waals surface area contributed by atoms with Crippen LogP contribution in [0, 0.1) is 0 Å². The third-order valence-electron chi connectivity index (χ3n) is 2.90. The van der Waals surface area contributed by atoms with E-state index in [0.717, 1.165) is 19.4 Å². The molecule has 0 fully saturated rings. The van der Waals surface area contributed by atoms with Crippen molar-refractivity contribution in [2.75, 3.05) is 25.0 Å². The first-order valence-electron chi connectivity index (χ1n) is 6.90. The highest BCUT2D eigenvalue weighted by Crippen LogP contribution is 2.24. The minimum Gasteiger partial charge on any atom is -0.384 e. The third-order valence-corrected chi connectivity index (χ3v) is 4.93. The van der Waals surface area contributed by atoms with Gasteiger partial charge in [0.15, 0.2) is 0 Å². The molecule has 0 spiro atoms. The number of hydrogen-bond donors (Lipinski definition) is 1. The molecule has 0 aromatic heterocycles. The summed E-state index contributed by atoms with van der Waals surface area (Å²) in [7, 11) is -3.40. The topological polar surface area (TPSA) is 49.4 Å². The molecular formula is C14H24N2O2S. The Kier molecular flexibility index (Phi) is 6.31. The number of nitrogens with one attached hydrogen (secondary N) is 1. The minimum atomic E-state index is -3.40. The van der Waals surface area contributed by atoms with Crippen molar-refractivity contribution in [3.05, 3.63) is 24.3 Å². The molecule has 1 rings (SSSR count). The van der Waals surface area contributed by atoms with Gasteiger partial charge >= 0.3 is 0 Å². The van der Waals surface area contributed by atoms with Crippen molar-refractivity contribution in [1.29, 1.82) is 0 Å². The molecule has 1 aromatic carbocycles. The molecule has 0 aliphatic heterocycles. The Bertz CT molecular complexity index is 486. The van der Waals surface area contributed by atoms with Crippen molar-refractivity contribution >= 4 is 15.7 Å². The fourth-order valence-corrected chi connectivity index (χ4v) is 3.64. The molecule has 4 nitrogen and oxygen atoms in total. The second-order valence-corrected chi connectivity index (χ2v) is 6.33. The van der Waals surface area contributed by atoms with Crippen LogP contribution in [-0.2, 0) is 10.0 Å². The van der Waals surface area contributed by atoms with E-state index < -0.39 is 10.0 Å². The first-order chi connectivity index (χ1) is 9.07. The van der Waals surface area contributed by atoms with Crippen molar-refractivity contribution in [2.24, 2.45) is 0 Å². The van der Waals surface area contributed by atoms with Gasteiger partial charge in [-0.05, 0) is 25.0 Å². The zero-order valence-corrected chi connectivity index (χ0v) is 12.8. The molecule has 0 saturated carbocycles. The Labute approximate surface area is 116 Å². The molecule has 0 bridgehead atoms. The Morgan fingerprint density at radius 1 is 1.11 bits per heavy atom.